The fourth-order valence-corrected chi connectivity index (χ4v) is 3.41. The average Bonchev–Trinajstić information content (AvgIpc) is 2.60. The van der Waals surface area contributed by atoms with E-state index in [2.05, 4.69) is 74.5 Å². The van der Waals surface area contributed by atoms with Gasteiger partial charge in [0.15, 0.2) is 0 Å². The molecule has 0 N–H and O–H groups in total. The van der Waals surface area contributed by atoms with E-state index in [9.17, 15) is 0 Å². The molecule has 0 bridgehead atoms. The number of rotatable bonds is 10. The Hall–Kier alpha value is -1.60. The van der Waals surface area contributed by atoms with Gasteiger partial charge in [-0.3, -0.25) is 0 Å². The summed E-state index contributed by atoms with van der Waals surface area (Å²) in [6, 6.07) is 22.1. The molecule has 0 heterocycles. The maximum atomic E-state index is 2.31. The van der Waals surface area contributed by atoms with Crippen molar-refractivity contribution in [2.75, 3.05) is 13.1 Å². The first-order chi connectivity index (χ1) is 11.3. The molecular weight excluding hydrogens is 278 g/mol. The van der Waals surface area contributed by atoms with Crippen LogP contribution in [0.2, 0.25) is 0 Å². The van der Waals surface area contributed by atoms with Crippen molar-refractivity contribution in [3.63, 3.8) is 0 Å². The Labute approximate surface area is 142 Å². The van der Waals surface area contributed by atoms with E-state index in [1.807, 2.05) is 0 Å². The van der Waals surface area contributed by atoms with Crippen LogP contribution in [0.1, 0.15) is 50.7 Å². The molecule has 0 fully saturated rings. The molecule has 2 aromatic rings. The maximum absolute atomic E-state index is 2.31. The Balaban J connectivity index is 2.24. The summed E-state index contributed by atoms with van der Waals surface area (Å²) in [5.74, 6) is 0. The molecule has 2 aromatic carbocycles. The van der Waals surface area contributed by atoms with Crippen LogP contribution in [0.4, 0.5) is 0 Å². The van der Waals surface area contributed by atoms with Gasteiger partial charge < -0.3 is 4.48 Å². The Morgan fingerprint density at radius 1 is 0.609 bits per heavy atom. The lowest BCUT2D eigenvalue weighted by atomic mass is 10.1. The minimum absolute atomic E-state index is 1.15. The monoisotopic (exact) mass is 310 g/mol. The number of unbranched alkanes of at least 4 members (excludes halogenated alkanes) is 2. The van der Waals surface area contributed by atoms with Crippen LogP contribution in [0.25, 0.3) is 0 Å². The molecule has 0 spiro atoms. The van der Waals surface area contributed by atoms with Crippen LogP contribution in [-0.4, -0.2) is 17.6 Å². The van der Waals surface area contributed by atoms with Gasteiger partial charge in [-0.15, -0.1) is 0 Å². The van der Waals surface area contributed by atoms with Gasteiger partial charge >= 0.3 is 0 Å². The van der Waals surface area contributed by atoms with E-state index in [1.54, 1.807) is 0 Å². The number of nitrogens with zero attached hydrogens (tertiary/aromatic N) is 1. The number of hydrogen-bond donors (Lipinski definition) is 0. The van der Waals surface area contributed by atoms with Crippen molar-refractivity contribution in [1.29, 1.82) is 0 Å². The number of quaternary nitrogens is 1. The first kappa shape index (κ1) is 17.7. The van der Waals surface area contributed by atoms with Crippen molar-refractivity contribution < 1.29 is 4.48 Å². The zero-order valence-corrected chi connectivity index (χ0v) is 14.9. The van der Waals surface area contributed by atoms with Crippen LogP contribution >= 0.6 is 0 Å². The smallest absolute Gasteiger partial charge is 0.105 e. The second-order valence-electron chi connectivity index (χ2n) is 6.78. The van der Waals surface area contributed by atoms with E-state index in [0.29, 0.717) is 0 Å². The van der Waals surface area contributed by atoms with Crippen molar-refractivity contribution in [3.8, 4) is 0 Å². The lowest BCUT2D eigenvalue weighted by molar-refractivity contribution is -0.954. The van der Waals surface area contributed by atoms with Crippen LogP contribution in [0.5, 0.6) is 0 Å². The third-order valence-corrected chi connectivity index (χ3v) is 4.69. The van der Waals surface area contributed by atoms with Crippen LogP contribution in [0, 0.1) is 0 Å². The lowest BCUT2D eigenvalue weighted by Crippen LogP contribution is -2.48. The van der Waals surface area contributed by atoms with Crippen molar-refractivity contribution in [2.45, 2.75) is 52.6 Å². The van der Waals surface area contributed by atoms with Gasteiger partial charge in [0, 0.05) is 11.1 Å². The van der Waals surface area contributed by atoms with E-state index in [4.69, 9.17) is 0 Å². The predicted molar refractivity (Wildman–Crippen MR) is 100 cm³/mol. The Bertz CT molecular complexity index is 481. The van der Waals surface area contributed by atoms with Gasteiger partial charge in [0.25, 0.3) is 0 Å². The van der Waals surface area contributed by atoms with E-state index in [0.717, 1.165) is 13.1 Å². The van der Waals surface area contributed by atoms with E-state index in [-0.39, 0.29) is 0 Å². The standard InChI is InChI=1S/C22H32N/c1-3-5-17-23(18-6-4-2,19-21-13-9-7-10-14-21)20-22-15-11-8-12-16-22/h7-16H,3-6,17-20H2,1-2H3/q+1. The second-order valence-corrected chi connectivity index (χ2v) is 6.78. The van der Waals surface area contributed by atoms with Gasteiger partial charge in [-0.25, -0.2) is 0 Å². The molecule has 0 aromatic heterocycles. The number of hydrogen-bond acceptors (Lipinski definition) is 0. The van der Waals surface area contributed by atoms with Crippen molar-refractivity contribution >= 4 is 0 Å². The first-order valence-electron chi connectivity index (χ1n) is 9.21. The van der Waals surface area contributed by atoms with Crippen LogP contribution in [0.15, 0.2) is 60.7 Å². The second kappa shape index (κ2) is 9.52. The Morgan fingerprint density at radius 3 is 1.35 bits per heavy atom. The summed E-state index contributed by atoms with van der Waals surface area (Å²) in [5, 5.41) is 0. The molecule has 1 heteroatoms. The molecule has 0 saturated carbocycles. The van der Waals surface area contributed by atoms with E-state index < -0.39 is 0 Å². The number of benzene rings is 2. The molecule has 0 atom stereocenters. The highest BCUT2D eigenvalue weighted by atomic mass is 15.3. The molecule has 0 unspecified atom stereocenters. The quantitative estimate of drug-likeness (QED) is 0.486. The molecule has 0 aliphatic heterocycles. The molecular formula is C22H32N+. The highest BCUT2D eigenvalue weighted by Gasteiger charge is 2.27. The van der Waals surface area contributed by atoms with Crippen LogP contribution in [0.3, 0.4) is 0 Å². The highest BCUT2D eigenvalue weighted by Crippen LogP contribution is 2.22. The maximum Gasteiger partial charge on any atom is 0.105 e. The normalized spacial score (nSPS) is 11.6. The topological polar surface area (TPSA) is 0 Å². The summed E-state index contributed by atoms with van der Waals surface area (Å²) in [5.41, 5.74) is 2.94. The molecule has 0 saturated heterocycles. The van der Waals surface area contributed by atoms with Crippen molar-refractivity contribution in [1.82, 2.24) is 0 Å². The fourth-order valence-electron chi connectivity index (χ4n) is 3.41. The molecule has 0 amide bonds. The third kappa shape index (κ3) is 5.84. The first-order valence-corrected chi connectivity index (χ1v) is 9.21. The van der Waals surface area contributed by atoms with Gasteiger partial charge in [0.05, 0.1) is 13.1 Å². The Morgan fingerprint density at radius 2 is 1.00 bits per heavy atom. The van der Waals surface area contributed by atoms with Gasteiger partial charge in [0.2, 0.25) is 0 Å². The average molecular weight is 311 g/mol. The summed E-state index contributed by atoms with van der Waals surface area (Å²) in [6.07, 6.45) is 5.16. The Kier molecular flexibility index (Phi) is 7.35. The largest absolute Gasteiger partial charge is 0.316 e. The zero-order chi connectivity index (χ0) is 16.4. The van der Waals surface area contributed by atoms with Gasteiger partial charge in [-0.05, 0) is 12.8 Å². The SMILES string of the molecule is CCCC[N+](CCCC)(Cc1ccccc1)Cc1ccccc1. The van der Waals surface area contributed by atoms with Gasteiger partial charge in [-0.1, -0.05) is 87.4 Å². The summed E-state index contributed by atoms with van der Waals surface area (Å²) in [7, 11) is 0. The van der Waals surface area contributed by atoms with Crippen molar-refractivity contribution in [2.24, 2.45) is 0 Å². The summed E-state index contributed by atoms with van der Waals surface area (Å²) in [4.78, 5) is 0. The fraction of sp³-hybridized carbons (Fsp3) is 0.455. The summed E-state index contributed by atoms with van der Waals surface area (Å²) >= 11 is 0. The van der Waals surface area contributed by atoms with Gasteiger partial charge in [0.1, 0.15) is 13.1 Å². The van der Waals surface area contributed by atoms with E-state index >= 15 is 0 Å². The molecule has 23 heavy (non-hydrogen) atoms. The molecule has 1 nitrogen and oxygen atoms in total. The van der Waals surface area contributed by atoms with Crippen LogP contribution < -0.4 is 0 Å². The summed E-state index contributed by atoms with van der Waals surface area (Å²) < 4.78 is 1.19. The minimum atomic E-state index is 1.15. The van der Waals surface area contributed by atoms with Gasteiger partial charge in [-0.2, -0.15) is 0 Å². The highest BCUT2D eigenvalue weighted by molar-refractivity contribution is 5.15. The molecule has 0 aliphatic carbocycles. The lowest BCUT2D eigenvalue weighted by Gasteiger charge is -2.39. The van der Waals surface area contributed by atoms with Crippen LogP contribution in [-0.2, 0) is 13.1 Å². The minimum Gasteiger partial charge on any atom is -0.316 e. The van der Waals surface area contributed by atoms with Crippen molar-refractivity contribution in [3.05, 3.63) is 71.8 Å². The molecule has 124 valence electrons. The van der Waals surface area contributed by atoms with E-state index in [1.165, 1.54) is 54.4 Å². The third-order valence-electron chi connectivity index (χ3n) is 4.69. The summed E-state index contributed by atoms with van der Waals surface area (Å²) in [6.45, 7) is 9.46. The predicted octanol–water partition coefficient (Wildman–Crippen LogP) is 5.80. The molecule has 0 radical (unpaired) electrons. The molecule has 2 rings (SSSR count). The molecule has 0 aliphatic rings. The zero-order valence-electron chi connectivity index (χ0n) is 14.9.